The number of nitrogens with zero attached hydrogens (tertiary/aromatic N) is 3. The number of azide groups is 1. The smallest absolute Gasteiger partial charge is 0.138 e. The van der Waals surface area contributed by atoms with Crippen LogP contribution in [0, 0.1) is 0 Å². The Morgan fingerprint density at radius 3 is 2.87 bits per heavy atom. The fourth-order valence-corrected chi connectivity index (χ4v) is 1.43. The summed E-state index contributed by atoms with van der Waals surface area (Å²) in [5, 5.41) is 4.39. The molecule has 0 N–H and O–H groups in total. The summed E-state index contributed by atoms with van der Waals surface area (Å²) >= 11 is 11.6. The Hall–Kier alpha value is -1.09. The molecule has 0 aliphatic carbocycles. The largest absolute Gasteiger partial charge is 0.489 e. The SMILES string of the molecule is CC(CN=[N+]=[N-])Oc1ccc(Cl)cc1Cl. The summed E-state index contributed by atoms with van der Waals surface area (Å²) in [6.45, 7) is 2.05. The lowest BCUT2D eigenvalue weighted by Gasteiger charge is -2.13. The Balaban J connectivity index is 2.67. The Labute approximate surface area is 97.4 Å². The number of rotatable bonds is 4. The molecule has 1 aromatic rings. The first-order chi connectivity index (χ1) is 7.13. The summed E-state index contributed by atoms with van der Waals surface area (Å²) in [5.74, 6) is 0.529. The molecule has 0 aromatic heterocycles. The zero-order chi connectivity index (χ0) is 11.3. The van der Waals surface area contributed by atoms with E-state index in [1.165, 1.54) is 0 Å². The Morgan fingerprint density at radius 2 is 2.27 bits per heavy atom. The second-order valence-corrected chi connectivity index (χ2v) is 3.76. The van der Waals surface area contributed by atoms with Gasteiger partial charge in [-0.05, 0) is 30.7 Å². The highest BCUT2D eigenvalue weighted by molar-refractivity contribution is 6.35. The summed E-state index contributed by atoms with van der Waals surface area (Å²) in [7, 11) is 0. The van der Waals surface area contributed by atoms with E-state index >= 15 is 0 Å². The maximum absolute atomic E-state index is 8.13. The average Bonchev–Trinajstić information content (AvgIpc) is 2.19. The lowest BCUT2D eigenvalue weighted by molar-refractivity contribution is 0.230. The standard InChI is InChI=1S/C9H9Cl2N3O/c1-6(5-13-14-12)15-9-3-2-7(10)4-8(9)11/h2-4,6H,5H2,1H3. The van der Waals surface area contributed by atoms with E-state index in [2.05, 4.69) is 10.0 Å². The molecular weight excluding hydrogens is 237 g/mol. The van der Waals surface area contributed by atoms with Crippen molar-refractivity contribution < 1.29 is 4.74 Å². The Morgan fingerprint density at radius 1 is 1.53 bits per heavy atom. The van der Waals surface area contributed by atoms with E-state index in [1.807, 2.05) is 0 Å². The third-order valence-electron chi connectivity index (χ3n) is 1.62. The van der Waals surface area contributed by atoms with Gasteiger partial charge in [0.2, 0.25) is 0 Å². The predicted octanol–water partition coefficient (Wildman–Crippen LogP) is 4.07. The van der Waals surface area contributed by atoms with E-state index in [4.69, 9.17) is 33.5 Å². The van der Waals surface area contributed by atoms with Gasteiger partial charge in [-0.15, -0.1) is 0 Å². The third-order valence-corrected chi connectivity index (χ3v) is 2.15. The van der Waals surface area contributed by atoms with Crippen molar-refractivity contribution in [2.45, 2.75) is 13.0 Å². The van der Waals surface area contributed by atoms with Crippen molar-refractivity contribution in [1.29, 1.82) is 0 Å². The molecule has 80 valence electrons. The second-order valence-electron chi connectivity index (χ2n) is 2.92. The summed E-state index contributed by atoms with van der Waals surface area (Å²) in [6, 6.07) is 4.96. The van der Waals surface area contributed by atoms with Crippen LogP contribution in [0.4, 0.5) is 0 Å². The molecule has 0 aliphatic heterocycles. The molecule has 0 saturated heterocycles. The van der Waals surface area contributed by atoms with Crippen molar-refractivity contribution in [3.05, 3.63) is 38.7 Å². The van der Waals surface area contributed by atoms with Crippen LogP contribution < -0.4 is 4.74 Å². The zero-order valence-electron chi connectivity index (χ0n) is 8.02. The first kappa shape index (κ1) is 12.0. The molecule has 1 atom stereocenters. The summed E-state index contributed by atoms with van der Waals surface area (Å²) in [5.41, 5.74) is 8.13. The van der Waals surface area contributed by atoms with Crippen LogP contribution in [-0.4, -0.2) is 12.6 Å². The molecule has 1 rings (SSSR count). The van der Waals surface area contributed by atoms with Crippen LogP contribution in [0.5, 0.6) is 5.75 Å². The molecule has 0 bridgehead atoms. The molecule has 4 nitrogen and oxygen atoms in total. The lowest BCUT2D eigenvalue weighted by Crippen LogP contribution is -2.15. The Bertz CT molecular complexity index is 391. The highest BCUT2D eigenvalue weighted by Gasteiger charge is 2.06. The van der Waals surface area contributed by atoms with Gasteiger partial charge in [0.05, 0.1) is 11.6 Å². The molecule has 0 saturated carbocycles. The maximum Gasteiger partial charge on any atom is 0.138 e. The molecule has 6 heteroatoms. The topological polar surface area (TPSA) is 58.0 Å². The summed E-state index contributed by atoms with van der Waals surface area (Å²) < 4.78 is 5.45. The van der Waals surface area contributed by atoms with E-state index in [0.29, 0.717) is 15.8 Å². The van der Waals surface area contributed by atoms with Crippen molar-refractivity contribution in [1.82, 2.24) is 0 Å². The van der Waals surface area contributed by atoms with Gasteiger partial charge >= 0.3 is 0 Å². The highest BCUT2D eigenvalue weighted by atomic mass is 35.5. The van der Waals surface area contributed by atoms with Crippen molar-refractivity contribution in [2.24, 2.45) is 5.11 Å². The van der Waals surface area contributed by atoms with E-state index in [-0.39, 0.29) is 12.6 Å². The number of benzene rings is 1. The molecule has 0 radical (unpaired) electrons. The Kier molecular flexibility index (Phi) is 4.56. The van der Waals surface area contributed by atoms with Crippen LogP contribution in [-0.2, 0) is 0 Å². The molecule has 0 spiro atoms. The third kappa shape index (κ3) is 3.88. The van der Waals surface area contributed by atoms with Gasteiger partial charge in [0, 0.05) is 9.93 Å². The molecule has 0 fully saturated rings. The molecule has 1 unspecified atom stereocenters. The predicted molar refractivity (Wildman–Crippen MR) is 60.6 cm³/mol. The minimum atomic E-state index is -0.223. The van der Waals surface area contributed by atoms with Crippen LogP contribution >= 0.6 is 23.2 Å². The molecule has 15 heavy (non-hydrogen) atoms. The summed E-state index contributed by atoms with van der Waals surface area (Å²) in [4.78, 5) is 2.64. The number of halogens is 2. The average molecular weight is 246 g/mol. The van der Waals surface area contributed by atoms with E-state index in [1.54, 1.807) is 25.1 Å². The van der Waals surface area contributed by atoms with Crippen molar-refractivity contribution in [3.8, 4) is 5.75 Å². The molecular formula is C9H9Cl2N3O. The van der Waals surface area contributed by atoms with Crippen molar-refractivity contribution in [2.75, 3.05) is 6.54 Å². The van der Waals surface area contributed by atoms with Gasteiger partial charge < -0.3 is 4.74 Å². The van der Waals surface area contributed by atoms with Gasteiger partial charge in [0.1, 0.15) is 11.9 Å². The van der Waals surface area contributed by atoms with Crippen molar-refractivity contribution >= 4 is 23.2 Å². The quantitative estimate of drug-likeness (QED) is 0.448. The normalized spacial score (nSPS) is 11.7. The van der Waals surface area contributed by atoms with Gasteiger partial charge in [0.15, 0.2) is 0 Å². The van der Waals surface area contributed by atoms with Crippen LogP contribution in [0.3, 0.4) is 0 Å². The van der Waals surface area contributed by atoms with Crippen LogP contribution in [0.1, 0.15) is 6.92 Å². The number of ether oxygens (including phenoxy) is 1. The van der Waals surface area contributed by atoms with Crippen LogP contribution in [0.25, 0.3) is 10.4 Å². The van der Waals surface area contributed by atoms with Gasteiger partial charge in [-0.1, -0.05) is 28.3 Å². The van der Waals surface area contributed by atoms with Gasteiger partial charge in [-0.2, -0.15) is 0 Å². The van der Waals surface area contributed by atoms with Crippen LogP contribution in [0.15, 0.2) is 23.3 Å². The fourth-order valence-electron chi connectivity index (χ4n) is 0.976. The highest BCUT2D eigenvalue weighted by Crippen LogP contribution is 2.28. The van der Waals surface area contributed by atoms with E-state index < -0.39 is 0 Å². The molecule has 0 amide bonds. The van der Waals surface area contributed by atoms with E-state index in [0.717, 1.165) is 0 Å². The number of hydrogen-bond acceptors (Lipinski definition) is 2. The van der Waals surface area contributed by atoms with E-state index in [9.17, 15) is 0 Å². The second kappa shape index (κ2) is 5.71. The fraction of sp³-hybridized carbons (Fsp3) is 0.333. The maximum atomic E-state index is 8.13. The van der Waals surface area contributed by atoms with Crippen LogP contribution in [0.2, 0.25) is 10.0 Å². The minimum absolute atomic E-state index is 0.223. The minimum Gasteiger partial charge on any atom is -0.489 e. The molecule has 0 heterocycles. The first-order valence-corrected chi connectivity index (χ1v) is 5.01. The van der Waals surface area contributed by atoms with Gasteiger partial charge in [-0.3, -0.25) is 0 Å². The lowest BCUT2D eigenvalue weighted by atomic mass is 10.3. The molecule has 1 aromatic carbocycles. The summed E-state index contributed by atoms with van der Waals surface area (Å²) in [6.07, 6.45) is -0.223. The van der Waals surface area contributed by atoms with Gasteiger partial charge in [-0.25, -0.2) is 0 Å². The zero-order valence-corrected chi connectivity index (χ0v) is 9.53. The first-order valence-electron chi connectivity index (χ1n) is 4.26. The van der Waals surface area contributed by atoms with Crippen molar-refractivity contribution in [3.63, 3.8) is 0 Å². The number of hydrogen-bond donors (Lipinski definition) is 0. The monoisotopic (exact) mass is 245 g/mol. The molecule has 0 aliphatic rings. The van der Waals surface area contributed by atoms with Gasteiger partial charge in [0.25, 0.3) is 0 Å².